The lowest BCUT2D eigenvalue weighted by atomic mass is 9.83. The molecule has 0 unspecified atom stereocenters. The topological polar surface area (TPSA) is 53.5 Å². The highest BCUT2D eigenvalue weighted by atomic mass is 16.2. The summed E-state index contributed by atoms with van der Waals surface area (Å²) in [5.74, 6) is 0.640. The Balaban J connectivity index is 1.35. The van der Waals surface area contributed by atoms with Crippen LogP contribution in [-0.4, -0.2) is 52.8 Å². The van der Waals surface area contributed by atoms with Crippen LogP contribution in [0.2, 0.25) is 0 Å². The minimum absolute atomic E-state index is 0.0457. The summed E-state index contributed by atoms with van der Waals surface area (Å²) >= 11 is 0. The van der Waals surface area contributed by atoms with E-state index in [4.69, 9.17) is 4.98 Å². The lowest BCUT2D eigenvalue weighted by Gasteiger charge is -2.39. The molecule has 5 nitrogen and oxygen atoms in total. The molecule has 2 fully saturated rings. The number of pyridine rings is 1. The van der Waals surface area contributed by atoms with Gasteiger partial charge in [-0.2, -0.15) is 0 Å². The molecule has 2 heterocycles. The molecule has 3 aromatic rings. The third-order valence-corrected chi connectivity index (χ3v) is 7.17. The number of amides is 2. The maximum absolute atomic E-state index is 13.6. The van der Waals surface area contributed by atoms with E-state index in [0.29, 0.717) is 32.1 Å². The third-order valence-electron chi connectivity index (χ3n) is 7.17. The molecule has 170 valence electrons. The van der Waals surface area contributed by atoms with Crippen molar-refractivity contribution in [3.05, 3.63) is 77.0 Å². The van der Waals surface area contributed by atoms with Gasteiger partial charge in [-0.05, 0) is 50.8 Å². The number of carbonyl (C=O) groups is 2. The summed E-state index contributed by atoms with van der Waals surface area (Å²) in [6, 6.07) is 18.0. The van der Waals surface area contributed by atoms with Crippen LogP contribution in [0.1, 0.15) is 59.8 Å². The van der Waals surface area contributed by atoms with Crippen molar-refractivity contribution in [3.63, 3.8) is 0 Å². The second-order valence-corrected chi connectivity index (χ2v) is 9.92. The van der Waals surface area contributed by atoms with Crippen molar-refractivity contribution in [2.45, 2.75) is 44.9 Å². The zero-order valence-electron chi connectivity index (χ0n) is 19.7. The Morgan fingerprint density at radius 2 is 1.58 bits per heavy atom. The Morgan fingerprint density at radius 3 is 2.24 bits per heavy atom. The van der Waals surface area contributed by atoms with E-state index in [0.717, 1.165) is 46.1 Å². The van der Waals surface area contributed by atoms with E-state index in [1.54, 1.807) is 0 Å². The van der Waals surface area contributed by atoms with Gasteiger partial charge in [0.1, 0.15) is 0 Å². The number of hydrogen-bond donors (Lipinski definition) is 0. The number of piperazine rings is 1. The maximum atomic E-state index is 13.6. The van der Waals surface area contributed by atoms with Gasteiger partial charge in [-0.1, -0.05) is 48.5 Å². The summed E-state index contributed by atoms with van der Waals surface area (Å²) < 4.78 is 0. The molecule has 5 heteroatoms. The van der Waals surface area contributed by atoms with Gasteiger partial charge < -0.3 is 9.80 Å². The number of fused-ring (bicyclic) bond motifs is 1. The molecular formula is C28H31N3O2. The first-order valence-corrected chi connectivity index (χ1v) is 11.9. The van der Waals surface area contributed by atoms with E-state index in [1.807, 2.05) is 72.2 Å². The van der Waals surface area contributed by atoms with Gasteiger partial charge in [0.25, 0.3) is 5.91 Å². The van der Waals surface area contributed by atoms with Crippen LogP contribution in [0.4, 0.5) is 0 Å². The summed E-state index contributed by atoms with van der Waals surface area (Å²) in [5, 5.41) is 0.924. The minimum atomic E-state index is -0.592. The number of aryl methyl sites for hydroxylation is 1. The highest BCUT2D eigenvalue weighted by molar-refractivity contribution is 6.07. The van der Waals surface area contributed by atoms with Crippen molar-refractivity contribution in [1.82, 2.24) is 14.8 Å². The van der Waals surface area contributed by atoms with Crippen molar-refractivity contribution < 1.29 is 9.59 Å². The fourth-order valence-electron chi connectivity index (χ4n) is 4.83. The number of rotatable bonds is 4. The van der Waals surface area contributed by atoms with Crippen molar-refractivity contribution in [1.29, 1.82) is 0 Å². The van der Waals surface area contributed by atoms with Gasteiger partial charge in [-0.3, -0.25) is 14.6 Å². The molecule has 5 rings (SSSR count). The standard InChI is InChI=1S/C28H31N3O2/c1-19-8-7-11-22-23(18-24(20-12-13-20)29-25(19)22)26(32)30-14-16-31(17-15-30)27(33)28(2,3)21-9-5-4-6-10-21/h4-11,18,20H,12-17H2,1-3H3. The van der Waals surface area contributed by atoms with E-state index >= 15 is 0 Å². The second kappa shape index (κ2) is 8.29. The molecule has 2 aliphatic rings. The van der Waals surface area contributed by atoms with Gasteiger partial charge in [0, 0.05) is 43.2 Å². The molecule has 1 aliphatic heterocycles. The highest BCUT2D eigenvalue weighted by Crippen LogP contribution is 2.40. The maximum Gasteiger partial charge on any atom is 0.254 e. The van der Waals surface area contributed by atoms with E-state index in [2.05, 4.69) is 13.0 Å². The molecule has 0 radical (unpaired) electrons. The van der Waals surface area contributed by atoms with Crippen molar-refractivity contribution in [2.75, 3.05) is 26.2 Å². The third kappa shape index (κ3) is 4.01. The summed E-state index contributed by atoms with van der Waals surface area (Å²) in [7, 11) is 0. The van der Waals surface area contributed by atoms with Gasteiger partial charge in [0.2, 0.25) is 5.91 Å². The summed E-state index contributed by atoms with van der Waals surface area (Å²) in [6.07, 6.45) is 2.30. The quantitative estimate of drug-likeness (QED) is 0.591. The lowest BCUT2D eigenvalue weighted by molar-refractivity contribution is -0.137. The Bertz CT molecular complexity index is 1210. The van der Waals surface area contributed by atoms with Gasteiger partial charge >= 0.3 is 0 Å². The lowest BCUT2D eigenvalue weighted by Crippen LogP contribution is -2.54. The molecule has 2 aromatic carbocycles. The molecule has 0 bridgehead atoms. The monoisotopic (exact) mass is 441 g/mol. The van der Waals surface area contributed by atoms with Crippen molar-refractivity contribution in [2.24, 2.45) is 0 Å². The van der Waals surface area contributed by atoms with Crippen LogP contribution in [0.3, 0.4) is 0 Å². The number of nitrogens with zero attached hydrogens (tertiary/aromatic N) is 3. The Kier molecular flexibility index (Phi) is 5.43. The SMILES string of the molecule is Cc1cccc2c(C(=O)N3CCN(C(=O)C(C)(C)c4ccccc4)CC3)cc(C3CC3)nc12. The largest absolute Gasteiger partial charge is 0.338 e. The van der Waals surface area contributed by atoms with E-state index in [-0.39, 0.29) is 11.8 Å². The zero-order chi connectivity index (χ0) is 23.2. The van der Waals surface area contributed by atoms with Crippen LogP contribution in [0.15, 0.2) is 54.6 Å². The summed E-state index contributed by atoms with van der Waals surface area (Å²) in [4.78, 5) is 35.6. The van der Waals surface area contributed by atoms with Gasteiger partial charge in [0.15, 0.2) is 0 Å². The Labute approximate surface area is 195 Å². The predicted octanol–water partition coefficient (Wildman–Crippen LogP) is 4.68. The molecule has 2 amide bonds. The summed E-state index contributed by atoms with van der Waals surface area (Å²) in [6.45, 7) is 8.21. The van der Waals surface area contributed by atoms with E-state index < -0.39 is 5.41 Å². The molecule has 1 saturated carbocycles. The summed E-state index contributed by atoms with van der Waals surface area (Å²) in [5.41, 5.74) is 4.24. The Morgan fingerprint density at radius 1 is 0.909 bits per heavy atom. The minimum Gasteiger partial charge on any atom is -0.338 e. The number of hydrogen-bond acceptors (Lipinski definition) is 3. The normalized spacial score (nSPS) is 16.8. The molecule has 1 aliphatic carbocycles. The molecule has 0 N–H and O–H groups in total. The number of carbonyl (C=O) groups excluding carboxylic acids is 2. The molecule has 33 heavy (non-hydrogen) atoms. The first-order chi connectivity index (χ1) is 15.9. The van der Waals surface area contributed by atoms with Crippen LogP contribution in [0.25, 0.3) is 10.9 Å². The van der Waals surface area contributed by atoms with Crippen molar-refractivity contribution in [3.8, 4) is 0 Å². The molecule has 1 aromatic heterocycles. The van der Waals surface area contributed by atoms with E-state index in [1.165, 1.54) is 0 Å². The molecular weight excluding hydrogens is 410 g/mol. The van der Waals surface area contributed by atoms with Gasteiger partial charge in [-0.15, -0.1) is 0 Å². The van der Waals surface area contributed by atoms with Gasteiger partial charge in [0.05, 0.1) is 16.5 Å². The van der Waals surface area contributed by atoms with Crippen LogP contribution in [0.5, 0.6) is 0 Å². The van der Waals surface area contributed by atoms with Gasteiger partial charge in [-0.25, -0.2) is 0 Å². The second-order valence-electron chi connectivity index (χ2n) is 9.92. The number of aromatic nitrogens is 1. The first kappa shape index (κ1) is 21.6. The van der Waals surface area contributed by atoms with Crippen molar-refractivity contribution >= 4 is 22.7 Å². The predicted molar refractivity (Wildman–Crippen MR) is 130 cm³/mol. The molecule has 0 atom stereocenters. The van der Waals surface area contributed by atoms with Crippen LogP contribution in [-0.2, 0) is 10.2 Å². The average molecular weight is 442 g/mol. The Hall–Kier alpha value is -3.21. The zero-order valence-corrected chi connectivity index (χ0v) is 19.7. The number of para-hydroxylation sites is 1. The fraction of sp³-hybridized carbons (Fsp3) is 0.393. The van der Waals surface area contributed by atoms with Crippen LogP contribution < -0.4 is 0 Å². The average Bonchev–Trinajstić information content (AvgIpc) is 3.69. The molecule has 0 spiro atoms. The van der Waals surface area contributed by atoms with Crippen LogP contribution >= 0.6 is 0 Å². The fourth-order valence-corrected chi connectivity index (χ4v) is 4.83. The highest BCUT2D eigenvalue weighted by Gasteiger charge is 2.36. The van der Waals surface area contributed by atoms with Crippen LogP contribution in [0, 0.1) is 6.92 Å². The molecule has 1 saturated heterocycles. The number of benzene rings is 2. The smallest absolute Gasteiger partial charge is 0.254 e. The first-order valence-electron chi connectivity index (χ1n) is 11.9. The van der Waals surface area contributed by atoms with E-state index in [9.17, 15) is 9.59 Å².